The second-order valence-electron chi connectivity index (χ2n) is 7.44. The van der Waals surface area contributed by atoms with E-state index < -0.39 is 0 Å². The molecule has 3 heterocycles. The highest BCUT2D eigenvalue weighted by Crippen LogP contribution is 2.29. The molecule has 4 aromatic rings. The van der Waals surface area contributed by atoms with E-state index in [1.54, 1.807) is 34.3 Å². The van der Waals surface area contributed by atoms with E-state index >= 15 is 0 Å². The lowest BCUT2D eigenvalue weighted by Crippen LogP contribution is -2.29. The van der Waals surface area contributed by atoms with Crippen molar-refractivity contribution in [3.05, 3.63) is 93.2 Å². The Kier molecular flexibility index (Phi) is 5.67. The van der Waals surface area contributed by atoms with E-state index in [4.69, 9.17) is 0 Å². The lowest BCUT2D eigenvalue weighted by atomic mass is 10.1. The summed E-state index contributed by atoms with van der Waals surface area (Å²) in [7, 11) is 0. The van der Waals surface area contributed by atoms with Gasteiger partial charge in [0.2, 0.25) is 0 Å². The SMILES string of the molecule is O=C(Nc1nc2c(s1)CN(Cc1ccccc1)CC2)c1ccc(-n2cc(Br)cn2)cc1. The van der Waals surface area contributed by atoms with E-state index in [1.165, 1.54) is 10.4 Å². The average molecular weight is 494 g/mol. The Balaban J connectivity index is 1.24. The van der Waals surface area contributed by atoms with Crippen LogP contribution in [-0.4, -0.2) is 32.1 Å². The van der Waals surface area contributed by atoms with Crippen molar-refractivity contribution in [1.29, 1.82) is 0 Å². The Labute approximate surface area is 192 Å². The summed E-state index contributed by atoms with van der Waals surface area (Å²) in [6.45, 7) is 2.77. The van der Waals surface area contributed by atoms with Crippen LogP contribution in [0.15, 0.2) is 71.5 Å². The molecule has 0 aliphatic carbocycles. The number of nitrogens with zero attached hydrogens (tertiary/aromatic N) is 4. The van der Waals surface area contributed by atoms with E-state index in [0.29, 0.717) is 10.7 Å². The number of rotatable bonds is 5. The molecule has 6 nitrogen and oxygen atoms in total. The molecule has 31 heavy (non-hydrogen) atoms. The van der Waals surface area contributed by atoms with Crippen molar-refractivity contribution in [2.45, 2.75) is 19.5 Å². The van der Waals surface area contributed by atoms with Gasteiger partial charge < -0.3 is 0 Å². The van der Waals surface area contributed by atoms with Gasteiger partial charge in [0.05, 0.1) is 22.1 Å². The van der Waals surface area contributed by atoms with Gasteiger partial charge in [-0.15, -0.1) is 11.3 Å². The second-order valence-corrected chi connectivity index (χ2v) is 9.44. The highest BCUT2D eigenvalue weighted by atomic mass is 79.9. The summed E-state index contributed by atoms with van der Waals surface area (Å²) >= 11 is 4.96. The predicted octanol–water partition coefficient (Wildman–Crippen LogP) is 4.90. The van der Waals surface area contributed by atoms with Crippen LogP contribution in [0.25, 0.3) is 5.69 Å². The van der Waals surface area contributed by atoms with Crippen molar-refractivity contribution in [3.8, 4) is 5.69 Å². The number of nitrogens with one attached hydrogen (secondary N) is 1. The molecule has 1 aliphatic heterocycles. The number of fused-ring (bicyclic) bond motifs is 1. The van der Waals surface area contributed by atoms with Crippen LogP contribution >= 0.6 is 27.3 Å². The van der Waals surface area contributed by atoms with Crippen molar-refractivity contribution in [2.24, 2.45) is 0 Å². The summed E-state index contributed by atoms with van der Waals surface area (Å²) in [6, 6.07) is 17.9. The van der Waals surface area contributed by atoms with Crippen molar-refractivity contribution in [1.82, 2.24) is 19.7 Å². The van der Waals surface area contributed by atoms with Gasteiger partial charge in [-0.25, -0.2) is 9.67 Å². The number of thiazole rings is 1. The zero-order valence-corrected chi connectivity index (χ0v) is 19.1. The molecule has 2 aromatic heterocycles. The van der Waals surface area contributed by atoms with Crippen LogP contribution in [0, 0.1) is 0 Å². The molecule has 1 aliphatic rings. The maximum atomic E-state index is 12.7. The number of benzene rings is 2. The van der Waals surface area contributed by atoms with Crippen LogP contribution < -0.4 is 5.32 Å². The van der Waals surface area contributed by atoms with E-state index in [9.17, 15) is 4.79 Å². The van der Waals surface area contributed by atoms with E-state index in [0.717, 1.165) is 41.9 Å². The molecule has 0 spiro atoms. The molecule has 0 unspecified atom stereocenters. The first kappa shape index (κ1) is 20.1. The fourth-order valence-corrected chi connectivity index (χ4v) is 4.99. The van der Waals surface area contributed by atoms with Crippen LogP contribution in [0.2, 0.25) is 0 Å². The molecule has 0 saturated heterocycles. The minimum absolute atomic E-state index is 0.152. The number of hydrogen-bond donors (Lipinski definition) is 1. The molecular formula is C23H20BrN5OS. The molecule has 0 atom stereocenters. The lowest BCUT2D eigenvalue weighted by Gasteiger charge is -2.25. The topological polar surface area (TPSA) is 63.1 Å². The van der Waals surface area contributed by atoms with Gasteiger partial charge in [0.25, 0.3) is 5.91 Å². The molecule has 0 bridgehead atoms. The van der Waals surface area contributed by atoms with Crippen molar-refractivity contribution < 1.29 is 4.79 Å². The normalized spacial score (nSPS) is 13.7. The average Bonchev–Trinajstić information content (AvgIpc) is 3.40. The zero-order chi connectivity index (χ0) is 21.2. The summed E-state index contributed by atoms with van der Waals surface area (Å²) in [5, 5.41) is 7.88. The number of carbonyl (C=O) groups excluding carboxylic acids is 1. The van der Waals surface area contributed by atoms with Gasteiger partial charge >= 0.3 is 0 Å². The third kappa shape index (κ3) is 4.61. The van der Waals surface area contributed by atoms with Crippen LogP contribution in [0.5, 0.6) is 0 Å². The lowest BCUT2D eigenvalue weighted by molar-refractivity contribution is 0.102. The van der Waals surface area contributed by atoms with Gasteiger partial charge in [-0.2, -0.15) is 5.10 Å². The van der Waals surface area contributed by atoms with Crippen molar-refractivity contribution >= 4 is 38.3 Å². The predicted molar refractivity (Wildman–Crippen MR) is 126 cm³/mol. The summed E-state index contributed by atoms with van der Waals surface area (Å²) in [6.07, 6.45) is 4.50. The molecular weight excluding hydrogens is 474 g/mol. The Morgan fingerprint density at radius 2 is 1.94 bits per heavy atom. The highest BCUT2D eigenvalue weighted by Gasteiger charge is 2.21. The van der Waals surface area contributed by atoms with Gasteiger partial charge in [-0.3, -0.25) is 15.0 Å². The van der Waals surface area contributed by atoms with Gasteiger partial charge in [0.15, 0.2) is 5.13 Å². The van der Waals surface area contributed by atoms with Crippen molar-refractivity contribution in [3.63, 3.8) is 0 Å². The van der Waals surface area contributed by atoms with E-state index in [1.807, 2.05) is 24.4 Å². The van der Waals surface area contributed by atoms with Gasteiger partial charge in [-0.1, -0.05) is 30.3 Å². The van der Waals surface area contributed by atoms with Crippen molar-refractivity contribution in [2.75, 3.05) is 11.9 Å². The number of hydrogen-bond acceptors (Lipinski definition) is 5. The largest absolute Gasteiger partial charge is 0.298 e. The fourth-order valence-electron chi connectivity index (χ4n) is 3.66. The molecule has 0 fully saturated rings. The van der Waals surface area contributed by atoms with Crippen LogP contribution in [0.4, 0.5) is 5.13 Å². The third-order valence-electron chi connectivity index (χ3n) is 5.22. The quantitative estimate of drug-likeness (QED) is 0.429. The minimum Gasteiger partial charge on any atom is -0.298 e. The Morgan fingerprint density at radius 1 is 1.13 bits per heavy atom. The molecule has 0 saturated carbocycles. The first-order chi connectivity index (χ1) is 15.1. The number of anilines is 1. The number of aromatic nitrogens is 3. The number of carbonyl (C=O) groups is 1. The summed E-state index contributed by atoms with van der Waals surface area (Å²) < 4.78 is 2.66. The van der Waals surface area contributed by atoms with Crippen LogP contribution in [-0.2, 0) is 19.5 Å². The molecule has 0 radical (unpaired) electrons. The first-order valence-electron chi connectivity index (χ1n) is 10.0. The smallest absolute Gasteiger partial charge is 0.257 e. The summed E-state index contributed by atoms with van der Waals surface area (Å²) in [4.78, 5) is 21.0. The Morgan fingerprint density at radius 3 is 2.68 bits per heavy atom. The van der Waals surface area contributed by atoms with Gasteiger partial charge in [0, 0.05) is 42.7 Å². The van der Waals surface area contributed by atoms with E-state index in [2.05, 4.69) is 60.5 Å². The molecule has 1 N–H and O–H groups in total. The zero-order valence-electron chi connectivity index (χ0n) is 16.7. The highest BCUT2D eigenvalue weighted by molar-refractivity contribution is 9.10. The Bertz CT molecular complexity index is 1200. The maximum absolute atomic E-state index is 12.7. The second kappa shape index (κ2) is 8.74. The minimum atomic E-state index is -0.152. The summed E-state index contributed by atoms with van der Waals surface area (Å²) in [5.74, 6) is -0.152. The van der Waals surface area contributed by atoms with Crippen LogP contribution in [0.1, 0.15) is 26.5 Å². The third-order valence-corrected chi connectivity index (χ3v) is 6.63. The fraction of sp³-hybridized carbons (Fsp3) is 0.174. The van der Waals surface area contributed by atoms with Gasteiger partial charge in [0.1, 0.15) is 0 Å². The van der Waals surface area contributed by atoms with Crippen LogP contribution in [0.3, 0.4) is 0 Å². The molecule has 156 valence electrons. The molecule has 2 aromatic carbocycles. The molecule has 5 rings (SSSR count). The number of halogens is 1. The standard InChI is InChI=1S/C23H20BrN5OS/c24-18-12-25-29(14-18)19-8-6-17(7-9-19)22(30)27-23-26-20-10-11-28(15-21(20)31-23)13-16-4-2-1-3-5-16/h1-9,12,14H,10-11,13,15H2,(H,26,27,30). The van der Waals surface area contributed by atoms with E-state index in [-0.39, 0.29) is 5.91 Å². The monoisotopic (exact) mass is 493 g/mol. The maximum Gasteiger partial charge on any atom is 0.257 e. The van der Waals surface area contributed by atoms with Gasteiger partial charge in [-0.05, 0) is 45.8 Å². The number of amides is 1. The molecule has 8 heteroatoms. The summed E-state index contributed by atoms with van der Waals surface area (Å²) in [5.41, 5.74) is 3.90. The first-order valence-corrected chi connectivity index (χ1v) is 11.6. The Hall–Kier alpha value is -2.81. The molecule has 1 amide bonds.